The molecular formula is C31H34N6O. The number of benzene rings is 3. The van der Waals surface area contributed by atoms with Crippen molar-refractivity contribution in [1.82, 2.24) is 30.1 Å². The van der Waals surface area contributed by atoms with Gasteiger partial charge in [-0.25, -0.2) is 4.68 Å². The van der Waals surface area contributed by atoms with Gasteiger partial charge in [-0.2, -0.15) is 0 Å². The lowest BCUT2D eigenvalue weighted by Gasteiger charge is -2.33. The summed E-state index contributed by atoms with van der Waals surface area (Å²) in [4.78, 5) is 19.1. The van der Waals surface area contributed by atoms with Crippen LogP contribution in [0.5, 0.6) is 0 Å². The number of nitrogens with zero attached hydrogens (tertiary/aromatic N) is 5. The van der Waals surface area contributed by atoms with Gasteiger partial charge in [0.25, 0.3) is 5.56 Å². The summed E-state index contributed by atoms with van der Waals surface area (Å²) in [6, 6.07) is 28.4. The normalized spacial score (nSPS) is 12.8. The number of aryl methyl sites for hydroxylation is 1. The van der Waals surface area contributed by atoms with Gasteiger partial charge in [-0.3, -0.25) is 9.69 Å². The molecule has 0 aliphatic rings. The van der Waals surface area contributed by atoms with Crippen molar-refractivity contribution in [2.45, 2.75) is 52.2 Å². The molecule has 2 heterocycles. The van der Waals surface area contributed by atoms with E-state index in [1.807, 2.05) is 47.1 Å². The number of fused-ring (bicyclic) bond motifs is 1. The highest BCUT2D eigenvalue weighted by atomic mass is 16.1. The lowest BCUT2D eigenvalue weighted by molar-refractivity contribution is 0.195. The molecule has 0 aliphatic carbocycles. The molecule has 7 nitrogen and oxygen atoms in total. The molecule has 3 aromatic carbocycles. The molecule has 38 heavy (non-hydrogen) atoms. The number of aromatic amines is 1. The van der Waals surface area contributed by atoms with Crippen LogP contribution in [0, 0.1) is 6.92 Å². The number of rotatable bonds is 8. The first-order valence-corrected chi connectivity index (χ1v) is 13.0. The number of pyridine rings is 1. The van der Waals surface area contributed by atoms with Crippen molar-refractivity contribution in [2.24, 2.45) is 0 Å². The van der Waals surface area contributed by atoms with E-state index in [2.05, 4.69) is 95.6 Å². The van der Waals surface area contributed by atoms with Crippen LogP contribution >= 0.6 is 0 Å². The Morgan fingerprint density at radius 3 is 2.29 bits per heavy atom. The number of H-pyrrole nitrogens is 1. The van der Waals surface area contributed by atoms with E-state index in [0.717, 1.165) is 28.5 Å². The minimum Gasteiger partial charge on any atom is -0.322 e. The molecule has 0 radical (unpaired) electrons. The molecule has 1 atom stereocenters. The Hall–Kier alpha value is -4.10. The molecule has 2 aromatic heterocycles. The number of hydrogen-bond acceptors (Lipinski definition) is 5. The number of nitrogens with one attached hydrogen (secondary N) is 1. The molecule has 1 unspecified atom stereocenters. The van der Waals surface area contributed by atoms with Crippen molar-refractivity contribution < 1.29 is 0 Å². The maximum Gasteiger partial charge on any atom is 0.253 e. The lowest BCUT2D eigenvalue weighted by Crippen LogP contribution is -2.38. The highest BCUT2D eigenvalue weighted by Crippen LogP contribution is 2.31. The first kappa shape index (κ1) is 25.5. The van der Waals surface area contributed by atoms with E-state index >= 15 is 0 Å². The molecule has 0 saturated carbocycles. The standard InChI is InChI=1S/C31H34N6O/c1-22-15-16-27-25(19-22)20-26(30(38)32-27)28(29-33-34-35-37(29)31(2,3)4)36(21-24-13-9-6-10-14-24)18-17-23-11-7-5-8-12-23/h5-16,19-20,28H,17-18,21H2,1-4H3,(H,32,38). The topological polar surface area (TPSA) is 79.7 Å². The fourth-order valence-electron chi connectivity index (χ4n) is 4.92. The van der Waals surface area contributed by atoms with Crippen molar-refractivity contribution in [3.63, 3.8) is 0 Å². The van der Waals surface area contributed by atoms with Gasteiger partial charge < -0.3 is 4.98 Å². The van der Waals surface area contributed by atoms with Gasteiger partial charge in [0.15, 0.2) is 5.82 Å². The van der Waals surface area contributed by atoms with Gasteiger partial charge in [-0.05, 0) is 79.3 Å². The van der Waals surface area contributed by atoms with Crippen LogP contribution < -0.4 is 5.56 Å². The number of tetrazole rings is 1. The quantitative estimate of drug-likeness (QED) is 0.304. The number of aromatic nitrogens is 5. The van der Waals surface area contributed by atoms with Crippen LogP contribution in [0.25, 0.3) is 10.9 Å². The largest absolute Gasteiger partial charge is 0.322 e. The summed E-state index contributed by atoms with van der Waals surface area (Å²) in [5, 5.41) is 13.9. The summed E-state index contributed by atoms with van der Waals surface area (Å²) >= 11 is 0. The highest BCUT2D eigenvalue weighted by molar-refractivity contribution is 5.79. The zero-order valence-corrected chi connectivity index (χ0v) is 22.4. The second-order valence-corrected chi connectivity index (χ2v) is 10.9. The van der Waals surface area contributed by atoms with E-state index < -0.39 is 6.04 Å². The van der Waals surface area contributed by atoms with Gasteiger partial charge in [0.1, 0.15) is 6.04 Å². The zero-order valence-electron chi connectivity index (χ0n) is 22.4. The summed E-state index contributed by atoms with van der Waals surface area (Å²) in [6.07, 6.45) is 0.825. The molecule has 7 heteroatoms. The third kappa shape index (κ3) is 5.58. The maximum atomic E-state index is 13.7. The summed E-state index contributed by atoms with van der Waals surface area (Å²) in [5.74, 6) is 0.652. The molecule has 0 saturated heterocycles. The van der Waals surface area contributed by atoms with E-state index in [1.165, 1.54) is 5.56 Å². The van der Waals surface area contributed by atoms with Gasteiger partial charge in [0.2, 0.25) is 0 Å². The predicted octanol–water partition coefficient (Wildman–Crippen LogP) is 5.41. The third-order valence-corrected chi connectivity index (χ3v) is 6.82. The molecule has 0 amide bonds. The van der Waals surface area contributed by atoms with Gasteiger partial charge in [0.05, 0.1) is 5.54 Å². The third-order valence-electron chi connectivity index (χ3n) is 6.82. The minimum absolute atomic E-state index is 0.132. The van der Waals surface area contributed by atoms with Crippen molar-refractivity contribution in [2.75, 3.05) is 6.54 Å². The number of hydrogen-bond donors (Lipinski definition) is 1. The van der Waals surface area contributed by atoms with Crippen LogP contribution in [0.2, 0.25) is 0 Å². The van der Waals surface area contributed by atoms with Crippen molar-refractivity contribution in [1.29, 1.82) is 0 Å². The van der Waals surface area contributed by atoms with Gasteiger partial charge >= 0.3 is 0 Å². The second-order valence-electron chi connectivity index (χ2n) is 10.9. The summed E-state index contributed by atoms with van der Waals surface area (Å²) in [5.41, 5.74) is 4.49. The van der Waals surface area contributed by atoms with Crippen LogP contribution in [0.1, 0.15) is 54.9 Å². The average Bonchev–Trinajstić information content (AvgIpc) is 3.39. The van der Waals surface area contributed by atoms with E-state index in [-0.39, 0.29) is 11.1 Å². The van der Waals surface area contributed by atoms with Crippen LogP contribution in [0.3, 0.4) is 0 Å². The summed E-state index contributed by atoms with van der Waals surface area (Å²) < 4.78 is 1.85. The smallest absolute Gasteiger partial charge is 0.253 e. The van der Waals surface area contributed by atoms with Crippen LogP contribution in [-0.4, -0.2) is 36.6 Å². The van der Waals surface area contributed by atoms with E-state index in [0.29, 0.717) is 24.5 Å². The molecule has 1 N–H and O–H groups in total. The van der Waals surface area contributed by atoms with E-state index in [4.69, 9.17) is 0 Å². The van der Waals surface area contributed by atoms with E-state index in [1.54, 1.807) is 0 Å². The van der Waals surface area contributed by atoms with Gasteiger partial charge in [0, 0.05) is 24.2 Å². The second kappa shape index (κ2) is 10.7. The van der Waals surface area contributed by atoms with Gasteiger partial charge in [-0.1, -0.05) is 72.3 Å². The Balaban J connectivity index is 1.68. The zero-order chi connectivity index (χ0) is 26.7. The van der Waals surface area contributed by atoms with Crippen molar-refractivity contribution in [3.05, 3.63) is 123 Å². The SMILES string of the molecule is Cc1ccc2[nH]c(=O)c(C(c3nnnn3C(C)(C)C)N(CCc3ccccc3)Cc3ccccc3)cc2c1. The Morgan fingerprint density at radius 2 is 1.61 bits per heavy atom. The molecule has 0 fully saturated rings. The summed E-state index contributed by atoms with van der Waals surface area (Å²) in [6.45, 7) is 9.63. The van der Waals surface area contributed by atoms with Crippen molar-refractivity contribution >= 4 is 10.9 Å². The molecule has 5 aromatic rings. The van der Waals surface area contributed by atoms with E-state index in [9.17, 15) is 4.79 Å². The Labute approximate surface area is 223 Å². The first-order chi connectivity index (χ1) is 18.3. The van der Waals surface area contributed by atoms with Crippen molar-refractivity contribution in [3.8, 4) is 0 Å². The molecule has 0 spiro atoms. The van der Waals surface area contributed by atoms with Crippen LogP contribution in [0.4, 0.5) is 0 Å². The predicted molar refractivity (Wildman–Crippen MR) is 151 cm³/mol. The van der Waals surface area contributed by atoms with Crippen LogP contribution in [0.15, 0.2) is 89.7 Å². The molecule has 5 rings (SSSR count). The molecule has 194 valence electrons. The molecule has 0 bridgehead atoms. The fraction of sp³-hybridized carbons (Fsp3) is 0.290. The minimum atomic E-state index is -0.457. The maximum absolute atomic E-state index is 13.7. The Morgan fingerprint density at radius 1 is 0.921 bits per heavy atom. The molecular weight excluding hydrogens is 472 g/mol. The monoisotopic (exact) mass is 506 g/mol. The first-order valence-electron chi connectivity index (χ1n) is 13.0. The fourth-order valence-corrected chi connectivity index (χ4v) is 4.92. The highest BCUT2D eigenvalue weighted by Gasteiger charge is 2.33. The Kier molecular flexibility index (Phi) is 7.20. The van der Waals surface area contributed by atoms with Crippen LogP contribution in [-0.2, 0) is 18.5 Å². The summed E-state index contributed by atoms with van der Waals surface area (Å²) in [7, 11) is 0. The Bertz CT molecular complexity index is 1570. The molecule has 0 aliphatic heterocycles. The van der Waals surface area contributed by atoms with Gasteiger partial charge in [-0.15, -0.1) is 5.10 Å². The lowest BCUT2D eigenvalue weighted by atomic mass is 9.99. The average molecular weight is 507 g/mol.